The number of nitrogens with zero attached hydrogens (tertiary/aromatic N) is 5. The third kappa shape index (κ3) is 5.56. The average Bonchev–Trinajstić information content (AvgIpc) is 3.68. The number of esters is 1. The van der Waals surface area contributed by atoms with E-state index in [2.05, 4.69) is 30.4 Å². The number of hydrogen-bond acceptors (Lipinski definition) is 6. The van der Waals surface area contributed by atoms with E-state index in [0.717, 1.165) is 35.3 Å². The Morgan fingerprint density at radius 3 is 2.60 bits per heavy atom. The van der Waals surface area contributed by atoms with E-state index < -0.39 is 29.4 Å². The molecule has 2 aromatic carbocycles. The fourth-order valence-electron chi connectivity index (χ4n) is 5.75. The number of methoxy groups -OCH3 is 1. The molecule has 1 N–H and O–H groups in total. The summed E-state index contributed by atoms with van der Waals surface area (Å²) in [7, 11) is 5.52. The first-order valence-corrected chi connectivity index (χ1v) is 13.6. The van der Waals surface area contributed by atoms with E-state index in [1.165, 1.54) is 41.6 Å². The second kappa shape index (κ2) is 10.8. The summed E-state index contributed by atoms with van der Waals surface area (Å²) >= 11 is 0. The first-order chi connectivity index (χ1) is 19.8. The Morgan fingerprint density at radius 1 is 1.21 bits per heavy atom. The van der Waals surface area contributed by atoms with Crippen LogP contribution in [-0.4, -0.2) is 59.5 Å². The van der Waals surface area contributed by atoms with Gasteiger partial charge < -0.3 is 9.22 Å². The Bertz CT molecular complexity index is 1660. The number of aromatic nitrogens is 3. The Balaban J connectivity index is 1.68. The van der Waals surface area contributed by atoms with Crippen molar-refractivity contribution in [2.24, 2.45) is 5.92 Å². The number of nitriles is 1. The van der Waals surface area contributed by atoms with Crippen molar-refractivity contribution in [1.29, 1.82) is 5.26 Å². The highest BCUT2D eigenvalue weighted by Crippen LogP contribution is 2.43. The van der Waals surface area contributed by atoms with Crippen LogP contribution < -0.4 is 10.6 Å². The number of carbonyl (C=O) groups excluding carboxylic acids is 1. The third-order valence-electron chi connectivity index (χ3n) is 7.98. The van der Waals surface area contributed by atoms with Crippen molar-refractivity contribution < 1.29 is 27.2 Å². The first kappa shape index (κ1) is 29.1. The molecule has 3 aromatic rings. The van der Waals surface area contributed by atoms with Crippen LogP contribution in [0.25, 0.3) is 0 Å². The number of likely N-dealkylation sites (N-methyl/N-ethyl adjacent to an activating group) is 1. The smallest absolute Gasteiger partial charge is 0.416 e. The molecule has 1 saturated carbocycles. The van der Waals surface area contributed by atoms with Gasteiger partial charge in [0.1, 0.15) is 6.04 Å². The highest BCUT2D eigenvalue weighted by Gasteiger charge is 2.41. The molecule has 1 fully saturated rings. The molecule has 2 heterocycles. The number of hydrogen-bond donors (Lipinski definition) is 1. The largest absolute Gasteiger partial charge is 0.466 e. The predicted molar refractivity (Wildman–Crippen MR) is 149 cm³/mol. The van der Waals surface area contributed by atoms with Gasteiger partial charge in [0, 0.05) is 23.7 Å². The number of nitrogens with one attached hydrogen (secondary N) is 1. The summed E-state index contributed by atoms with van der Waals surface area (Å²) in [6.07, 6.45) is -1.60. The molecule has 42 heavy (non-hydrogen) atoms. The van der Waals surface area contributed by atoms with E-state index in [-0.39, 0.29) is 22.9 Å². The summed E-state index contributed by atoms with van der Waals surface area (Å²) in [4.78, 5) is 28.0. The molecule has 1 atom stereocenters. The van der Waals surface area contributed by atoms with Crippen molar-refractivity contribution in [3.05, 3.63) is 86.5 Å². The number of H-pyrrole nitrogens is 1. The van der Waals surface area contributed by atoms with Gasteiger partial charge in [-0.15, -0.1) is 5.10 Å². The molecule has 0 amide bonds. The third-order valence-corrected chi connectivity index (χ3v) is 7.98. The van der Waals surface area contributed by atoms with Gasteiger partial charge in [0.15, 0.2) is 0 Å². The molecule has 9 nitrogen and oxygen atoms in total. The molecular formula is C30H32F3N6O3+. The van der Waals surface area contributed by atoms with Gasteiger partial charge in [0.25, 0.3) is 0 Å². The number of anilines is 2. The van der Waals surface area contributed by atoms with Gasteiger partial charge >= 0.3 is 17.8 Å². The van der Waals surface area contributed by atoms with Crippen LogP contribution >= 0.6 is 0 Å². The Kier molecular flexibility index (Phi) is 7.49. The molecule has 0 unspecified atom stereocenters. The van der Waals surface area contributed by atoms with Crippen LogP contribution in [0.5, 0.6) is 0 Å². The standard InChI is InChI=1S/C30H31F3N6O3/c1-18-25(27(40)42-4)26(24-11-10-20(16-34)14-21(24)12-13-39(2,3)17-19-8-9-19)38-28(35-36-29(38)41)37(18)23-7-5-6-22(15-23)30(31,32)33/h5-7,10-11,14-15,19,26H,8-9,12-13,17H2,1-4H3/p+1/t26-/m1/s1. The van der Waals surface area contributed by atoms with E-state index in [1.54, 1.807) is 25.1 Å². The number of alkyl halides is 3. The number of fused-ring (bicyclic) bond motifs is 1. The number of allylic oxidation sites excluding steroid dienone is 1. The van der Waals surface area contributed by atoms with Crippen LogP contribution in [0.2, 0.25) is 0 Å². The summed E-state index contributed by atoms with van der Waals surface area (Å²) in [5.74, 6) is -0.0170. The summed E-state index contributed by atoms with van der Waals surface area (Å²) in [6.45, 7) is 3.37. The van der Waals surface area contributed by atoms with Crippen molar-refractivity contribution in [2.45, 2.75) is 38.4 Å². The number of carbonyl (C=O) groups is 1. The quantitative estimate of drug-likeness (QED) is 0.306. The highest BCUT2D eigenvalue weighted by molar-refractivity contribution is 5.93. The number of halogens is 3. The molecule has 2 aliphatic rings. The Morgan fingerprint density at radius 2 is 1.95 bits per heavy atom. The summed E-state index contributed by atoms with van der Waals surface area (Å²) < 4.78 is 48.0. The summed E-state index contributed by atoms with van der Waals surface area (Å²) in [6, 6.07) is 10.9. The van der Waals surface area contributed by atoms with Crippen LogP contribution in [0, 0.1) is 17.2 Å². The van der Waals surface area contributed by atoms with Gasteiger partial charge in [-0.1, -0.05) is 12.1 Å². The normalized spacial score (nSPS) is 17.2. The zero-order valence-electron chi connectivity index (χ0n) is 23.8. The topological polar surface area (TPSA) is 104 Å². The molecule has 1 aliphatic heterocycles. The molecular weight excluding hydrogens is 549 g/mol. The van der Waals surface area contributed by atoms with Gasteiger partial charge in [-0.05, 0) is 61.2 Å². The summed E-state index contributed by atoms with van der Waals surface area (Å²) in [5.41, 5.74) is 0.683. The number of quaternary nitrogens is 1. The van der Waals surface area contributed by atoms with E-state index in [1.807, 2.05) is 0 Å². The molecule has 0 saturated heterocycles. The second-order valence-electron chi connectivity index (χ2n) is 11.5. The minimum atomic E-state index is -4.61. The van der Waals surface area contributed by atoms with E-state index in [9.17, 15) is 28.0 Å². The monoisotopic (exact) mass is 581 g/mol. The number of rotatable bonds is 8. The van der Waals surface area contributed by atoms with Gasteiger partial charge in [0.05, 0.1) is 57.1 Å². The fourth-order valence-corrected chi connectivity index (χ4v) is 5.75. The molecule has 1 aromatic heterocycles. The van der Waals surface area contributed by atoms with Crippen molar-refractivity contribution >= 4 is 17.6 Å². The van der Waals surface area contributed by atoms with E-state index >= 15 is 0 Å². The molecule has 5 rings (SSSR count). The van der Waals surface area contributed by atoms with Gasteiger partial charge in [-0.25, -0.2) is 19.3 Å². The maximum absolute atomic E-state index is 13.6. The highest BCUT2D eigenvalue weighted by atomic mass is 19.4. The van der Waals surface area contributed by atoms with Crippen molar-refractivity contribution in [3.8, 4) is 6.07 Å². The zero-order chi connectivity index (χ0) is 30.4. The van der Waals surface area contributed by atoms with Gasteiger partial charge in [-0.2, -0.15) is 18.4 Å². The van der Waals surface area contributed by atoms with E-state index in [4.69, 9.17) is 4.74 Å². The zero-order valence-corrected chi connectivity index (χ0v) is 23.8. The van der Waals surface area contributed by atoms with Crippen molar-refractivity contribution in [1.82, 2.24) is 14.8 Å². The molecule has 0 radical (unpaired) electrons. The number of benzene rings is 2. The maximum Gasteiger partial charge on any atom is 0.416 e. The lowest BCUT2D eigenvalue weighted by atomic mass is 9.89. The number of ether oxygens (including phenoxy) is 1. The first-order valence-electron chi connectivity index (χ1n) is 13.6. The van der Waals surface area contributed by atoms with Gasteiger partial charge in [0.2, 0.25) is 5.95 Å². The minimum absolute atomic E-state index is 0.0228. The fraction of sp³-hybridized carbons (Fsp3) is 0.400. The molecule has 0 bridgehead atoms. The van der Waals surface area contributed by atoms with Crippen LogP contribution in [0.3, 0.4) is 0 Å². The summed E-state index contributed by atoms with van der Waals surface area (Å²) in [5, 5.41) is 16.2. The lowest BCUT2D eigenvalue weighted by Crippen LogP contribution is -2.43. The SMILES string of the molecule is COC(=O)C1=C(C)N(c2cccc(C(F)(F)F)c2)c2n[nH]c(=O)n2[C@@H]1c1ccc(C#N)cc1CC[N+](C)(C)CC1CC1. The Hall–Kier alpha value is -4.37. The Labute approximate surface area is 241 Å². The minimum Gasteiger partial charge on any atom is -0.466 e. The lowest BCUT2D eigenvalue weighted by Gasteiger charge is -2.36. The van der Waals surface area contributed by atoms with Crippen molar-refractivity contribution in [3.63, 3.8) is 0 Å². The predicted octanol–water partition coefficient (Wildman–Crippen LogP) is 4.68. The molecule has 1 aliphatic carbocycles. The molecule has 220 valence electrons. The number of aromatic amines is 1. The van der Waals surface area contributed by atoms with Crippen LogP contribution in [-0.2, 0) is 22.1 Å². The maximum atomic E-state index is 13.6. The van der Waals surface area contributed by atoms with Crippen LogP contribution in [0.4, 0.5) is 24.8 Å². The van der Waals surface area contributed by atoms with Crippen LogP contribution in [0.15, 0.2) is 58.5 Å². The van der Waals surface area contributed by atoms with E-state index in [0.29, 0.717) is 23.5 Å². The molecule has 0 spiro atoms. The average molecular weight is 582 g/mol. The van der Waals surface area contributed by atoms with Crippen molar-refractivity contribution in [2.75, 3.05) is 39.2 Å². The van der Waals surface area contributed by atoms with Gasteiger partial charge in [-0.3, -0.25) is 4.90 Å². The second-order valence-corrected chi connectivity index (χ2v) is 11.5. The molecule has 12 heteroatoms. The lowest BCUT2D eigenvalue weighted by molar-refractivity contribution is -0.891. The van der Waals surface area contributed by atoms with Crippen LogP contribution in [0.1, 0.15) is 48.1 Å².